The lowest BCUT2D eigenvalue weighted by Gasteiger charge is -2.08. The van der Waals surface area contributed by atoms with Gasteiger partial charge >= 0.3 is 0 Å². The standard InChI is InChI=1S/C14H12F2N2O/c15-12-5-2-6-13(14(12)16)19-9-11-4-1-3-10(7-11)8-18-17/h1-8H,9,17H2. The van der Waals surface area contributed by atoms with Crippen molar-refractivity contribution in [2.24, 2.45) is 10.9 Å². The van der Waals surface area contributed by atoms with Gasteiger partial charge in [-0.25, -0.2) is 4.39 Å². The van der Waals surface area contributed by atoms with E-state index in [4.69, 9.17) is 10.6 Å². The summed E-state index contributed by atoms with van der Waals surface area (Å²) in [5, 5.41) is 3.42. The van der Waals surface area contributed by atoms with Gasteiger partial charge in [0.2, 0.25) is 5.82 Å². The van der Waals surface area contributed by atoms with Crippen molar-refractivity contribution in [1.82, 2.24) is 0 Å². The van der Waals surface area contributed by atoms with Gasteiger partial charge < -0.3 is 10.6 Å². The van der Waals surface area contributed by atoms with Crippen LogP contribution >= 0.6 is 0 Å². The first kappa shape index (κ1) is 13.0. The third-order valence-corrected chi connectivity index (χ3v) is 2.49. The molecular weight excluding hydrogens is 250 g/mol. The summed E-state index contributed by atoms with van der Waals surface area (Å²) in [6.45, 7) is 0.132. The van der Waals surface area contributed by atoms with E-state index in [1.807, 2.05) is 12.1 Å². The van der Waals surface area contributed by atoms with Crippen molar-refractivity contribution in [3.05, 3.63) is 65.2 Å². The Bertz CT molecular complexity index is 600. The lowest BCUT2D eigenvalue weighted by molar-refractivity contribution is 0.284. The first-order valence-corrected chi connectivity index (χ1v) is 5.59. The molecule has 0 saturated carbocycles. The van der Waals surface area contributed by atoms with Crippen molar-refractivity contribution >= 4 is 6.21 Å². The first-order valence-electron chi connectivity index (χ1n) is 5.59. The van der Waals surface area contributed by atoms with Gasteiger partial charge in [-0.05, 0) is 29.3 Å². The zero-order chi connectivity index (χ0) is 13.7. The van der Waals surface area contributed by atoms with Crippen LogP contribution in [0.3, 0.4) is 0 Å². The third kappa shape index (κ3) is 3.28. The highest BCUT2D eigenvalue weighted by molar-refractivity contribution is 5.79. The van der Waals surface area contributed by atoms with Gasteiger partial charge in [0.25, 0.3) is 0 Å². The SMILES string of the molecule is NN=Cc1cccc(COc2cccc(F)c2F)c1. The number of halogens is 2. The Kier molecular flexibility index (Phi) is 4.07. The monoisotopic (exact) mass is 262 g/mol. The van der Waals surface area contributed by atoms with Crippen LogP contribution in [0.1, 0.15) is 11.1 Å². The normalized spacial score (nSPS) is 10.8. The quantitative estimate of drug-likeness (QED) is 0.523. The molecule has 0 bridgehead atoms. The predicted octanol–water partition coefficient (Wildman–Crippen LogP) is 2.84. The van der Waals surface area contributed by atoms with Gasteiger partial charge in [0, 0.05) is 0 Å². The highest BCUT2D eigenvalue weighted by atomic mass is 19.2. The molecule has 0 fully saturated rings. The summed E-state index contributed by atoms with van der Waals surface area (Å²) in [5.41, 5.74) is 1.62. The summed E-state index contributed by atoms with van der Waals surface area (Å²) in [4.78, 5) is 0. The van der Waals surface area contributed by atoms with E-state index >= 15 is 0 Å². The minimum Gasteiger partial charge on any atom is -0.486 e. The molecule has 0 radical (unpaired) electrons. The topological polar surface area (TPSA) is 47.6 Å². The van der Waals surface area contributed by atoms with Crippen molar-refractivity contribution in [3.8, 4) is 5.75 Å². The molecule has 0 aliphatic carbocycles. The molecule has 0 amide bonds. The molecule has 0 aliphatic heterocycles. The number of hydrogen-bond donors (Lipinski definition) is 1. The molecule has 2 rings (SSSR count). The van der Waals surface area contributed by atoms with Gasteiger partial charge in [0.05, 0.1) is 6.21 Å². The minimum absolute atomic E-state index is 0.113. The van der Waals surface area contributed by atoms with E-state index in [1.54, 1.807) is 12.1 Å². The molecule has 0 unspecified atom stereocenters. The fourth-order valence-corrected chi connectivity index (χ4v) is 1.61. The maximum absolute atomic E-state index is 13.4. The number of rotatable bonds is 4. The van der Waals surface area contributed by atoms with Crippen molar-refractivity contribution in [1.29, 1.82) is 0 Å². The Balaban J connectivity index is 2.10. The minimum atomic E-state index is -0.984. The maximum Gasteiger partial charge on any atom is 0.200 e. The second-order valence-electron chi connectivity index (χ2n) is 3.86. The number of benzene rings is 2. The van der Waals surface area contributed by atoms with Crippen LogP contribution in [-0.2, 0) is 6.61 Å². The third-order valence-electron chi connectivity index (χ3n) is 2.49. The van der Waals surface area contributed by atoms with E-state index in [0.29, 0.717) is 0 Å². The Labute approximate surface area is 109 Å². The largest absolute Gasteiger partial charge is 0.486 e. The second kappa shape index (κ2) is 5.95. The van der Waals surface area contributed by atoms with Crippen LogP contribution < -0.4 is 10.6 Å². The lowest BCUT2D eigenvalue weighted by Crippen LogP contribution is -1.99. The van der Waals surface area contributed by atoms with Gasteiger partial charge in [0.15, 0.2) is 11.6 Å². The molecule has 19 heavy (non-hydrogen) atoms. The molecule has 0 aromatic heterocycles. The molecule has 98 valence electrons. The average Bonchev–Trinajstić information content (AvgIpc) is 2.41. The number of ether oxygens (including phenoxy) is 1. The van der Waals surface area contributed by atoms with E-state index in [0.717, 1.165) is 17.2 Å². The fraction of sp³-hybridized carbons (Fsp3) is 0.0714. The van der Waals surface area contributed by atoms with E-state index in [2.05, 4.69) is 5.10 Å². The van der Waals surface area contributed by atoms with E-state index in [9.17, 15) is 8.78 Å². The van der Waals surface area contributed by atoms with Gasteiger partial charge in [-0.2, -0.15) is 9.49 Å². The van der Waals surface area contributed by atoms with Crippen LogP contribution in [-0.4, -0.2) is 6.21 Å². The molecule has 2 aromatic carbocycles. The van der Waals surface area contributed by atoms with Crippen molar-refractivity contribution in [2.75, 3.05) is 0 Å². The molecule has 0 saturated heterocycles. The molecule has 2 N–H and O–H groups in total. The van der Waals surface area contributed by atoms with Gasteiger partial charge in [-0.1, -0.05) is 24.3 Å². The summed E-state index contributed by atoms with van der Waals surface area (Å²) >= 11 is 0. The summed E-state index contributed by atoms with van der Waals surface area (Å²) < 4.78 is 31.6. The highest BCUT2D eigenvalue weighted by Gasteiger charge is 2.08. The first-order chi connectivity index (χ1) is 9.20. The van der Waals surface area contributed by atoms with Gasteiger partial charge in [-0.15, -0.1) is 0 Å². The Hall–Kier alpha value is -2.43. The summed E-state index contributed by atoms with van der Waals surface area (Å²) in [7, 11) is 0. The molecule has 0 atom stereocenters. The van der Waals surface area contributed by atoms with E-state index in [1.165, 1.54) is 18.3 Å². The Morgan fingerprint density at radius 1 is 1.16 bits per heavy atom. The van der Waals surface area contributed by atoms with Crippen LogP contribution in [0, 0.1) is 11.6 Å². The molecule has 0 heterocycles. The molecule has 3 nitrogen and oxygen atoms in total. The Morgan fingerprint density at radius 3 is 2.74 bits per heavy atom. The van der Waals surface area contributed by atoms with E-state index < -0.39 is 11.6 Å². The number of nitrogens with zero attached hydrogens (tertiary/aromatic N) is 1. The van der Waals surface area contributed by atoms with Crippen LogP contribution in [0.5, 0.6) is 5.75 Å². The predicted molar refractivity (Wildman–Crippen MR) is 68.9 cm³/mol. The highest BCUT2D eigenvalue weighted by Crippen LogP contribution is 2.20. The molecular formula is C14H12F2N2O. The summed E-state index contributed by atoms with van der Waals surface area (Å²) in [6.07, 6.45) is 1.49. The summed E-state index contributed by atoms with van der Waals surface area (Å²) in [6, 6.07) is 11.0. The van der Waals surface area contributed by atoms with Gasteiger partial charge in [0.1, 0.15) is 6.61 Å². The van der Waals surface area contributed by atoms with Crippen LogP contribution in [0.4, 0.5) is 8.78 Å². The van der Waals surface area contributed by atoms with Gasteiger partial charge in [-0.3, -0.25) is 0 Å². The smallest absolute Gasteiger partial charge is 0.200 e. The van der Waals surface area contributed by atoms with Crippen LogP contribution in [0.2, 0.25) is 0 Å². The van der Waals surface area contributed by atoms with E-state index in [-0.39, 0.29) is 12.4 Å². The second-order valence-corrected chi connectivity index (χ2v) is 3.86. The number of hydrazone groups is 1. The average molecular weight is 262 g/mol. The molecule has 5 heteroatoms. The summed E-state index contributed by atoms with van der Waals surface area (Å²) in [5.74, 6) is 3.03. The number of nitrogens with two attached hydrogens (primary N) is 1. The Morgan fingerprint density at radius 2 is 1.95 bits per heavy atom. The van der Waals surface area contributed by atoms with Crippen molar-refractivity contribution in [3.63, 3.8) is 0 Å². The van der Waals surface area contributed by atoms with Crippen LogP contribution in [0.15, 0.2) is 47.6 Å². The fourth-order valence-electron chi connectivity index (χ4n) is 1.61. The maximum atomic E-state index is 13.4. The zero-order valence-corrected chi connectivity index (χ0v) is 10.0. The zero-order valence-electron chi connectivity index (χ0n) is 10.0. The molecule has 2 aromatic rings. The van der Waals surface area contributed by atoms with Crippen molar-refractivity contribution < 1.29 is 13.5 Å². The molecule has 0 spiro atoms. The van der Waals surface area contributed by atoms with Crippen LogP contribution in [0.25, 0.3) is 0 Å². The number of hydrogen-bond acceptors (Lipinski definition) is 3. The van der Waals surface area contributed by atoms with Crippen molar-refractivity contribution in [2.45, 2.75) is 6.61 Å². The molecule has 0 aliphatic rings. The lowest BCUT2D eigenvalue weighted by atomic mass is 10.1.